The van der Waals surface area contributed by atoms with E-state index in [1.807, 2.05) is 0 Å². The van der Waals surface area contributed by atoms with Crippen LogP contribution in [-0.2, 0) is 9.53 Å². The number of ether oxygens (including phenoxy) is 1. The molecule has 0 bridgehead atoms. The van der Waals surface area contributed by atoms with Gasteiger partial charge in [-0.3, -0.25) is 9.59 Å². The highest BCUT2D eigenvalue weighted by Gasteiger charge is 2.06. The van der Waals surface area contributed by atoms with Crippen LogP contribution in [-0.4, -0.2) is 18.4 Å². The molecule has 0 aliphatic carbocycles. The van der Waals surface area contributed by atoms with Crippen LogP contribution in [0.5, 0.6) is 0 Å². The average molecular weight is 252 g/mol. The summed E-state index contributed by atoms with van der Waals surface area (Å²) in [6.45, 7) is 2.25. The van der Waals surface area contributed by atoms with Crippen molar-refractivity contribution in [3.63, 3.8) is 0 Å². The van der Waals surface area contributed by atoms with Gasteiger partial charge in [-0.2, -0.15) is 0 Å². The summed E-state index contributed by atoms with van der Waals surface area (Å²) in [4.78, 5) is 22.7. The van der Waals surface area contributed by atoms with Gasteiger partial charge in [0.1, 0.15) is 6.26 Å². The predicted octanol–water partition coefficient (Wildman–Crippen LogP) is 3.37. The molecule has 0 unspecified atom stereocenters. The summed E-state index contributed by atoms with van der Waals surface area (Å²) in [6.07, 6.45) is 7.60. The molecule has 0 atom stereocenters. The third kappa shape index (κ3) is 5.66. The van der Waals surface area contributed by atoms with Crippen molar-refractivity contribution in [1.29, 1.82) is 0 Å². The summed E-state index contributed by atoms with van der Waals surface area (Å²) >= 11 is 0. The minimum absolute atomic E-state index is 0.120. The molecular weight excluding hydrogens is 232 g/mol. The van der Waals surface area contributed by atoms with Gasteiger partial charge in [0, 0.05) is 12.8 Å². The number of ketones is 1. The lowest BCUT2D eigenvalue weighted by Crippen LogP contribution is -2.03. The standard InChI is InChI=1S/C14H20O4/c1-2-18-14(16)8-6-4-3-5-7-13(15)12-9-10-17-11-12/h9-11H,2-8H2,1H3. The number of Topliss-reactive ketones (excluding diaryl/α,β-unsaturated/α-hetero) is 1. The summed E-state index contributed by atoms with van der Waals surface area (Å²) in [5, 5.41) is 0. The molecule has 0 amide bonds. The first-order valence-corrected chi connectivity index (χ1v) is 6.45. The molecular formula is C14H20O4. The molecule has 0 N–H and O–H groups in total. The number of hydrogen-bond acceptors (Lipinski definition) is 4. The van der Waals surface area contributed by atoms with Crippen molar-refractivity contribution < 1.29 is 18.7 Å². The van der Waals surface area contributed by atoms with Crippen molar-refractivity contribution in [2.45, 2.75) is 45.4 Å². The van der Waals surface area contributed by atoms with Gasteiger partial charge in [0.15, 0.2) is 5.78 Å². The van der Waals surface area contributed by atoms with Gasteiger partial charge >= 0.3 is 5.97 Å². The van der Waals surface area contributed by atoms with Crippen molar-refractivity contribution in [3.8, 4) is 0 Å². The van der Waals surface area contributed by atoms with Crippen LogP contribution >= 0.6 is 0 Å². The molecule has 100 valence electrons. The molecule has 1 aromatic rings. The summed E-state index contributed by atoms with van der Waals surface area (Å²) in [5.74, 6) is -0.0129. The average Bonchev–Trinajstić information content (AvgIpc) is 2.87. The molecule has 0 aliphatic heterocycles. The lowest BCUT2D eigenvalue weighted by molar-refractivity contribution is -0.143. The van der Waals surface area contributed by atoms with Crippen LogP contribution in [0, 0.1) is 0 Å². The van der Waals surface area contributed by atoms with Crippen LogP contribution in [0.3, 0.4) is 0 Å². The largest absolute Gasteiger partial charge is 0.472 e. The van der Waals surface area contributed by atoms with Crippen LogP contribution in [0.4, 0.5) is 0 Å². The van der Waals surface area contributed by atoms with E-state index in [0.717, 1.165) is 25.7 Å². The normalized spacial score (nSPS) is 10.3. The smallest absolute Gasteiger partial charge is 0.305 e. The molecule has 4 nitrogen and oxygen atoms in total. The highest BCUT2D eigenvalue weighted by atomic mass is 16.5. The molecule has 0 spiro atoms. The fourth-order valence-corrected chi connectivity index (χ4v) is 1.71. The van der Waals surface area contributed by atoms with Crippen molar-refractivity contribution in [2.24, 2.45) is 0 Å². The van der Waals surface area contributed by atoms with Gasteiger partial charge in [-0.25, -0.2) is 0 Å². The van der Waals surface area contributed by atoms with E-state index >= 15 is 0 Å². The summed E-state index contributed by atoms with van der Waals surface area (Å²) in [5.41, 5.74) is 0.640. The number of carbonyl (C=O) groups excluding carboxylic acids is 2. The van der Waals surface area contributed by atoms with Crippen molar-refractivity contribution in [2.75, 3.05) is 6.61 Å². The maximum absolute atomic E-state index is 11.6. The quantitative estimate of drug-likeness (QED) is 0.384. The summed E-state index contributed by atoms with van der Waals surface area (Å²) in [6, 6.07) is 1.68. The Morgan fingerprint density at radius 2 is 1.89 bits per heavy atom. The van der Waals surface area contributed by atoms with Crippen LogP contribution in [0.2, 0.25) is 0 Å². The molecule has 18 heavy (non-hydrogen) atoms. The molecule has 4 heteroatoms. The van der Waals surface area contributed by atoms with E-state index in [1.54, 1.807) is 13.0 Å². The third-order valence-corrected chi connectivity index (χ3v) is 2.68. The number of esters is 1. The number of unbranched alkanes of at least 4 members (excludes halogenated alkanes) is 3. The second kappa shape index (κ2) is 8.50. The highest BCUT2D eigenvalue weighted by molar-refractivity contribution is 5.95. The number of carbonyl (C=O) groups is 2. The van der Waals surface area contributed by atoms with E-state index in [1.165, 1.54) is 12.5 Å². The first kappa shape index (κ1) is 14.5. The monoisotopic (exact) mass is 252 g/mol. The topological polar surface area (TPSA) is 56.5 Å². The van der Waals surface area contributed by atoms with E-state index < -0.39 is 0 Å². The predicted molar refractivity (Wildman–Crippen MR) is 67.4 cm³/mol. The van der Waals surface area contributed by atoms with Gasteiger partial charge in [0.25, 0.3) is 0 Å². The van der Waals surface area contributed by atoms with Gasteiger partial charge < -0.3 is 9.15 Å². The zero-order valence-corrected chi connectivity index (χ0v) is 10.8. The first-order chi connectivity index (χ1) is 8.74. The molecule has 1 aromatic heterocycles. The van der Waals surface area contributed by atoms with Crippen LogP contribution in [0.15, 0.2) is 23.0 Å². The maximum atomic E-state index is 11.6. The molecule has 1 rings (SSSR count). The Morgan fingerprint density at radius 1 is 1.17 bits per heavy atom. The summed E-state index contributed by atoms with van der Waals surface area (Å²) in [7, 11) is 0. The third-order valence-electron chi connectivity index (χ3n) is 2.68. The number of furan rings is 1. The van der Waals surface area contributed by atoms with Crippen molar-refractivity contribution in [1.82, 2.24) is 0 Å². The Labute approximate surface area is 107 Å². The molecule has 0 fully saturated rings. The Bertz CT molecular complexity index is 354. The Morgan fingerprint density at radius 3 is 2.50 bits per heavy atom. The van der Waals surface area contributed by atoms with E-state index in [4.69, 9.17) is 9.15 Å². The van der Waals surface area contributed by atoms with Gasteiger partial charge in [0.2, 0.25) is 0 Å². The van der Waals surface area contributed by atoms with Crippen LogP contribution < -0.4 is 0 Å². The summed E-state index contributed by atoms with van der Waals surface area (Å²) < 4.78 is 9.69. The SMILES string of the molecule is CCOC(=O)CCCCCCC(=O)c1ccoc1. The van der Waals surface area contributed by atoms with Crippen molar-refractivity contribution >= 4 is 11.8 Å². The Hall–Kier alpha value is -1.58. The van der Waals surface area contributed by atoms with Gasteiger partial charge in [-0.05, 0) is 25.8 Å². The van der Waals surface area contributed by atoms with Gasteiger partial charge in [-0.15, -0.1) is 0 Å². The van der Waals surface area contributed by atoms with Gasteiger partial charge in [-0.1, -0.05) is 12.8 Å². The minimum atomic E-state index is -0.132. The lowest BCUT2D eigenvalue weighted by Gasteiger charge is -2.01. The van der Waals surface area contributed by atoms with Gasteiger partial charge in [0.05, 0.1) is 18.4 Å². The Balaban J connectivity index is 1.99. The van der Waals surface area contributed by atoms with Crippen LogP contribution in [0.1, 0.15) is 55.8 Å². The lowest BCUT2D eigenvalue weighted by atomic mass is 10.1. The maximum Gasteiger partial charge on any atom is 0.305 e. The molecule has 0 saturated carbocycles. The second-order valence-corrected chi connectivity index (χ2v) is 4.15. The fourth-order valence-electron chi connectivity index (χ4n) is 1.71. The molecule has 0 aromatic carbocycles. The Kier molecular flexibility index (Phi) is 6.84. The zero-order chi connectivity index (χ0) is 13.2. The van der Waals surface area contributed by atoms with E-state index in [-0.39, 0.29) is 11.8 Å². The second-order valence-electron chi connectivity index (χ2n) is 4.15. The minimum Gasteiger partial charge on any atom is -0.472 e. The first-order valence-electron chi connectivity index (χ1n) is 6.45. The van der Waals surface area contributed by atoms with E-state index in [2.05, 4.69) is 0 Å². The zero-order valence-electron chi connectivity index (χ0n) is 10.8. The molecule has 0 radical (unpaired) electrons. The van der Waals surface area contributed by atoms with E-state index in [0.29, 0.717) is 25.0 Å². The highest BCUT2D eigenvalue weighted by Crippen LogP contribution is 2.10. The van der Waals surface area contributed by atoms with Crippen molar-refractivity contribution in [3.05, 3.63) is 24.2 Å². The number of rotatable bonds is 9. The fraction of sp³-hybridized carbons (Fsp3) is 0.571. The van der Waals surface area contributed by atoms with Crippen LogP contribution in [0.25, 0.3) is 0 Å². The van der Waals surface area contributed by atoms with E-state index in [9.17, 15) is 9.59 Å². The molecule has 0 aliphatic rings. The molecule has 1 heterocycles. The number of hydrogen-bond donors (Lipinski definition) is 0. The molecule has 0 saturated heterocycles.